The molecule has 0 aromatic carbocycles. The van der Waals surface area contributed by atoms with Crippen molar-refractivity contribution < 1.29 is 4.57 Å². The van der Waals surface area contributed by atoms with Gasteiger partial charge in [0.05, 0.1) is 0 Å². The van der Waals surface area contributed by atoms with Gasteiger partial charge < -0.3 is 0 Å². The molecule has 0 amide bonds. The SMILES string of the molecule is CCN(CC)CCn1cc[n+](CCN(CC)CC)c1. The first-order chi connectivity index (χ1) is 9.23. The Bertz CT molecular complexity index is 296. The van der Waals surface area contributed by atoms with Crippen LogP contribution in [-0.4, -0.2) is 53.6 Å². The molecule has 0 bridgehead atoms. The van der Waals surface area contributed by atoms with E-state index >= 15 is 0 Å². The van der Waals surface area contributed by atoms with Crippen LogP contribution in [-0.2, 0) is 13.1 Å². The van der Waals surface area contributed by atoms with Crippen molar-refractivity contribution in [3.05, 3.63) is 18.7 Å². The second kappa shape index (κ2) is 9.10. The molecule has 0 saturated heterocycles. The minimum absolute atomic E-state index is 1.08. The summed E-state index contributed by atoms with van der Waals surface area (Å²) in [5, 5.41) is 0. The first kappa shape index (κ1) is 16.2. The van der Waals surface area contributed by atoms with E-state index < -0.39 is 0 Å². The van der Waals surface area contributed by atoms with Crippen molar-refractivity contribution in [3.63, 3.8) is 0 Å². The van der Waals surface area contributed by atoms with Crippen molar-refractivity contribution in [2.75, 3.05) is 39.3 Å². The molecule has 1 rings (SSSR count). The lowest BCUT2D eigenvalue weighted by atomic mass is 10.4. The third-order valence-corrected chi connectivity index (χ3v) is 3.88. The highest BCUT2D eigenvalue weighted by Gasteiger charge is 2.07. The molecule has 1 aromatic rings. The molecule has 0 unspecified atom stereocenters. The molecule has 0 aliphatic carbocycles. The number of aromatic nitrogens is 2. The van der Waals surface area contributed by atoms with Gasteiger partial charge in [-0.3, -0.25) is 9.80 Å². The number of rotatable bonds is 10. The highest BCUT2D eigenvalue weighted by atomic mass is 15.2. The van der Waals surface area contributed by atoms with Crippen LogP contribution in [0, 0.1) is 0 Å². The molecule has 1 heterocycles. The molecular weight excluding hydrogens is 236 g/mol. The summed E-state index contributed by atoms with van der Waals surface area (Å²) in [6, 6.07) is 0. The first-order valence-corrected chi connectivity index (χ1v) is 7.72. The molecule has 110 valence electrons. The molecule has 4 nitrogen and oxygen atoms in total. The van der Waals surface area contributed by atoms with Gasteiger partial charge in [0.15, 0.2) is 0 Å². The van der Waals surface area contributed by atoms with Gasteiger partial charge in [0.25, 0.3) is 0 Å². The van der Waals surface area contributed by atoms with Gasteiger partial charge in [-0.25, -0.2) is 9.13 Å². The minimum atomic E-state index is 1.08. The molecule has 0 spiro atoms. The maximum Gasteiger partial charge on any atom is 0.243 e. The Balaban J connectivity index is 2.35. The van der Waals surface area contributed by atoms with E-state index in [-0.39, 0.29) is 0 Å². The zero-order valence-corrected chi connectivity index (χ0v) is 13.2. The second-order valence-corrected chi connectivity index (χ2v) is 4.94. The van der Waals surface area contributed by atoms with Crippen molar-refractivity contribution in [1.29, 1.82) is 0 Å². The summed E-state index contributed by atoms with van der Waals surface area (Å²) in [6.45, 7) is 17.9. The van der Waals surface area contributed by atoms with Crippen molar-refractivity contribution >= 4 is 0 Å². The van der Waals surface area contributed by atoms with Crippen molar-refractivity contribution in [1.82, 2.24) is 14.4 Å². The fraction of sp³-hybridized carbons (Fsp3) is 0.800. The summed E-state index contributed by atoms with van der Waals surface area (Å²) < 4.78 is 4.58. The Labute approximate surface area is 118 Å². The number of imidazole rings is 1. The molecule has 19 heavy (non-hydrogen) atoms. The maximum atomic E-state index is 2.46. The van der Waals surface area contributed by atoms with Crippen LogP contribution in [0.25, 0.3) is 0 Å². The van der Waals surface area contributed by atoms with Gasteiger partial charge >= 0.3 is 0 Å². The summed E-state index contributed by atoms with van der Waals surface area (Å²) in [5.41, 5.74) is 0. The average Bonchev–Trinajstić information content (AvgIpc) is 2.89. The van der Waals surface area contributed by atoms with Gasteiger partial charge in [-0.2, -0.15) is 0 Å². The average molecular weight is 267 g/mol. The van der Waals surface area contributed by atoms with Gasteiger partial charge in [-0.1, -0.05) is 27.7 Å². The second-order valence-electron chi connectivity index (χ2n) is 4.94. The van der Waals surface area contributed by atoms with E-state index in [1.54, 1.807) is 0 Å². The van der Waals surface area contributed by atoms with E-state index in [9.17, 15) is 0 Å². The smallest absolute Gasteiger partial charge is 0.243 e. The first-order valence-electron chi connectivity index (χ1n) is 7.72. The lowest BCUT2D eigenvalue weighted by Crippen LogP contribution is -2.39. The zero-order valence-electron chi connectivity index (χ0n) is 13.2. The molecular formula is C15H31N4+. The van der Waals surface area contributed by atoms with Crippen molar-refractivity contribution in [2.24, 2.45) is 0 Å². The molecule has 0 radical (unpaired) electrons. The number of likely N-dealkylation sites (N-methyl/N-ethyl adjacent to an activating group) is 2. The Morgan fingerprint density at radius 1 is 0.895 bits per heavy atom. The van der Waals surface area contributed by atoms with Gasteiger partial charge in [0, 0.05) is 13.1 Å². The standard InChI is InChI=1S/C15H31N4/c1-5-16(6-2)9-11-18-13-14-19(15-18)12-10-17(7-3)8-4/h13-15H,5-12H2,1-4H3/q+1. The van der Waals surface area contributed by atoms with E-state index in [1.807, 2.05) is 0 Å². The predicted octanol–water partition coefficient (Wildman–Crippen LogP) is 1.46. The van der Waals surface area contributed by atoms with Crippen LogP contribution >= 0.6 is 0 Å². The molecule has 0 N–H and O–H groups in total. The quantitative estimate of drug-likeness (QED) is 0.596. The summed E-state index contributed by atoms with van der Waals surface area (Å²) in [7, 11) is 0. The highest BCUT2D eigenvalue weighted by Crippen LogP contribution is 1.92. The van der Waals surface area contributed by atoms with Crippen LogP contribution in [0.5, 0.6) is 0 Å². The summed E-state index contributed by atoms with van der Waals surface area (Å²) in [5.74, 6) is 0. The summed E-state index contributed by atoms with van der Waals surface area (Å²) in [6.07, 6.45) is 6.60. The van der Waals surface area contributed by atoms with E-state index in [1.165, 1.54) is 0 Å². The summed E-state index contributed by atoms with van der Waals surface area (Å²) >= 11 is 0. The zero-order chi connectivity index (χ0) is 14.1. The molecule has 0 fully saturated rings. The Kier molecular flexibility index (Phi) is 7.75. The maximum absolute atomic E-state index is 2.46. The van der Waals surface area contributed by atoms with E-state index in [2.05, 4.69) is 65.3 Å². The monoisotopic (exact) mass is 267 g/mol. The van der Waals surface area contributed by atoms with Crippen molar-refractivity contribution in [3.8, 4) is 0 Å². The van der Waals surface area contributed by atoms with Gasteiger partial charge in [0.2, 0.25) is 6.33 Å². The number of nitrogens with zero attached hydrogens (tertiary/aromatic N) is 4. The van der Waals surface area contributed by atoms with E-state index in [0.29, 0.717) is 0 Å². The predicted molar refractivity (Wildman–Crippen MR) is 80.2 cm³/mol. The van der Waals surface area contributed by atoms with Crippen molar-refractivity contribution in [2.45, 2.75) is 40.8 Å². The van der Waals surface area contributed by atoms with Crippen LogP contribution in [0.15, 0.2) is 18.7 Å². The third kappa shape index (κ3) is 5.74. The van der Waals surface area contributed by atoms with Crippen LogP contribution in [0.1, 0.15) is 27.7 Å². The Morgan fingerprint density at radius 2 is 1.47 bits per heavy atom. The number of hydrogen-bond donors (Lipinski definition) is 0. The topological polar surface area (TPSA) is 15.3 Å². The largest absolute Gasteiger partial charge is 0.300 e. The Morgan fingerprint density at radius 3 is 2.05 bits per heavy atom. The molecule has 0 aliphatic heterocycles. The van der Waals surface area contributed by atoms with Gasteiger partial charge in [-0.15, -0.1) is 0 Å². The molecule has 1 aromatic heterocycles. The van der Waals surface area contributed by atoms with Gasteiger partial charge in [0.1, 0.15) is 25.5 Å². The summed E-state index contributed by atoms with van der Waals surface area (Å²) in [4.78, 5) is 4.92. The fourth-order valence-electron chi connectivity index (χ4n) is 2.30. The van der Waals surface area contributed by atoms with E-state index in [4.69, 9.17) is 0 Å². The third-order valence-electron chi connectivity index (χ3n) is 3.88. The number of hydrogen-bond acceptors (Lipinski definition) is 2. The van der Waals surface area contributed by atoms with E-state index in [0.717, 1.165) is 52.4 Å². The fourth-order valence-corrected chi connectivity index (χ4v) is 2.30. The van der Waals surface area contributed by atoms with Crippen LogP contribution in [0.4, 0.5) is 0 Å². The highest BCUT2D eigenvalue weighted by molar-refractivity contribution is 4.67. The van der Waals surface area contributed by atoms with Crippen LogP contribution in [0.3, 0.4) is 0 Å². The lowest BCUT2D eigenvalue weighted by molar-refractivity contribution is -0.696. The minimum Gasteiger partial charge on any atom is -0.300 e. The van der Waals surface area contributed by atoms with Gasteiger partial charge in [-0.05, 0) is 26.2 Å². The Hall–Kier alpha value is -0.870. The molecule has 0 saturated carbocycles. The molecule has 0 aliphatic rings. The van der Waals surface area contributed by atoms with Crippen LogP contribution in [0.2, 0.25) is 0 Å². The lowest BCUT2D eigenvalue weighted by Gasteiger charge is -2.16. The molecule has 0 atom stereocenters. The van der Waals surface area contributed by atoms with Crippen LogP contribution < -0.4 is 4.57 Å². The normalized spacial score (nSPS) is 11.7. The molecule has 4 heteroatoms.